The van der Waals surface area contributed by atoms with Crippen LogP contribution in [0.3, 0.4) is 0 Å². The third-order valence-electron chi connectivity index (χ3n) is 2.98. The Balaban J connectivity index is 2.42. The third kappa shape index (κ3) is 2.61. The number of halogens is 3. The molecule has 1 unspecified atom stereocenters. The first-order valence-corrected chi connectivity index (χ1v) is 5.41. The largest absolute Gasteiger partial charge is 0.416 e. The van der Waals surface area contributed by atoms with Crippen LogP contribution in [0.25, 0.3) is 0 Å². The Morgan fingerprint density at radius 2 is 2.12 bits per heavy atom. The molecule has 17 heavy (non-hydrogen) atoms. The van der Waals surface area contributed by atoms with Crippen molar-refractivity contribution in [1.82, 2.24) is 0 Å². The van der Waals surface area contributed by atoms with Crippen molar-refractivity contribution >= 4 is 0 Å². The third-order valence-corrected chi connectivity index (χ3v) is 2.98. The summed E-state index contributed by atoms with van der Waals surface area (Å²) in [5.74, 6) is -0.195. The van der Waals surface area contributed by atoms with Crippen LogP contribution in [0.1, 0.15) is 29.0 Å². The number of ether oxygens (including phenoxy) is 1. The second-order valence-corrected chi connectivity index (χ2v) is 4.14. The average Bonchev–Trinajstić information content (AvgIpc) is 2.80. The predicted molar refractivity (Wildman–Crippen MR) is 55.5 cm³/mol. The number of benzene rings is 1. The molecule has 1 atom stereocenters. The van der Waals surface area contributed by atoms with E-state index in [4.69, 9.17) is 9.84 Å². The smallest absolute Gasteiger partial charge is 0.392 e. The van der Waals surface area contributed by atoms with Gasteiger partial charge in [-0.2, -0.15) is 13.2 Å². The summed E-state index contributed by atoms with van der Waals surface area (Å²) in [5, 5.41) is 8.89. The lowest BCUT2D eigenvalue weighted by Crippen LogP contribution is -2.13. The van der Waals surface area contributed by atoms with Crippen molar-refractivity contribution in [2.75, 3.05) is 13.2 Å². The van der Waals surface area contributed by atoms with Gasteiger partial charge in [0.2, 0.25) is 0 Å². The zero-order chi connectivity index (χ0) is 12.5. The molecule has 1 aromatic rings. The van der Waals surface area contributed by atoms with Crippen LogP contribution in [-0.4, -0.2) is 18.3 Å². The molecule has 1 aliphatic rings. The van der Waals surface area contributed by atoms with Crippen LogP contribution in [0.15, 0.2) is 18.2 Å². The molecule has 1 fully saturated rings. The van der Waals surface area contributed by atoms with Gasteiger partial charge in [0, 0.05) is 12.5 Å². The Morgan fingerprint density at radius 1 is 1.35 bits per heavy atom. The lowest BCUT2D eigenvalue weighted by atomic mass is 9.92. The van der Waals surface area contributed by atoms with Crippen molar-refractivity contribution in [3.63, 3.8) is 0 Å². The number of alkyl halides is 3. The first kappa shape index (κ1) is 12.4. The Bertz CT molecular complexity index is 395. The molecule has 0 spiro atoms. The molecule has 0 bridgehead atoms. The first-order valence-electron chi connectivity index (χ1n) is 5.41. The van der Waals surface area contributed by atoms with Crippen LogP contribution >= 0.6 is 0 Å². The van der Waals surface area contributed by atoms with E-state index in [1.807, 2.05) is 0 Å². The zero-order valence-corrected chi connectivity index (χ0v) is 9.13. The van der Waals surface area contributed by atoms with Gasteiger partial charge in [0.15, 0.2) is 0 Å². The summed E-state index contributed by atoms with van der Waals surface area (Å²) in [6.45, 7) is 0.454. The highest BCUT2D eigenvalue weighted by Crippen LogP contribution is 2.38. The van der Waals surface area contributed by atoms with Crippen LogP contribution in [-0.2, 0) is 17.5 Å². The number of rotatable bonds is 2. The summed E-state index contributed by atoms with van der Waals surface area (Å²) in [5.41, 5.74) is -0.105. The molecule has 0 radical (unpaired) electrons. The lowest BCUT2D eigenvalue weighted by Gasteiger charge is -2.17. The molecular weight excluding hydrogens is 233 g/mol. The summed E-state index contributed by atoms with van der Waals surface area (Å²) < 4.78 is 43.8. The molecule has 1 aliphatic heterocycles. The normalized spacial score (nSPS) is 20.8. The molecule has 1 heterocycles. The number of hydrogen-bond acceptors (Lipinski definition) is 2. The molecule has 0 saturated carbocycles. The van der Waals surface area contributed by atoms with E-state index in [-0.39, 0.29) is 23.7 Å². The fraction of sp³-hybridized carbons (Fsp3) is 0.500. The van der Waals surface area contributed by atoms with E-state index in [0.29, 0.717) is 19.6 Å². The zero-order valence-electron chi connectivity index (χ0n) is 9.13. The topological polar surface area (TPSA) is 29.5 Å². The Hall–Kier alpha value is -1.07. The molecule has 1 saturated heterocycles. The fourth-order valence-electron chi connectivity index (χ4n) is 2.08. The standard InChI is InChI=1S/C12H13F3O2/c13-12(14,15)11-5-8(6-16)1-2-10(11)9-3-4-17-7-9/h1-2,5,9,16H,3-4,6-7H2. The van der Waals surface area contributed by atoms with Gasteiger partial charge >= 0.3 is 6.18 Å². The van der Waals surface area contributed by atoms with Gasteiger partial charge < -0.3 is 9.84 Å². The predicted octanol–water partition coefficient (Wildman–Crippen LogP) is 2.70. The molecule has 2 nitrogen and oxygen atoms in total. The van der Waals surface area contributed by atoms with Crippen LogP contribution in [0, 0.1) is 0 Å². The van der Waals surface area contributed by atoms with Gasteiger partial charge in [0.1, 0.15) is 0 Å². The molecule has 0 aliphatic carbocycles. The maximum atomic E-state index is 12.9. The highest BCUT2D eigenvalue weighted by Gasteiger charge is 2.36. The van der Waals surface area contributed by atoms with E-state index >= 15 is 0 Å². The monoisotopic (exact) mass is 246 g/mol. The Labute approximate surface area is 97.0 Å². The van der Waals surface area contributed by atoms with E-state index in [0.717, 1.165) is 6.07 Å². The number of aliphatic hydroxyl groups excluding tert-OH is 1. The van der Waals surface area contributed by atoms with Gasteiger partial charge in [-0.25, -0.2) is 0 Å². The van der Waals surface area contributed by atoms with Crippen molar-refractivity contribution in [1.29, 1.82) is 0 Å². The highest BCUT2D eigenvalue weighted by molar-refractivity contribution is 5.37. The summed E-state index contributed by atoms with van der Waals surface area (Å²) in [7, 11) is 0. The molecule has 1 aromatic carbocycles. The second-order valence-electron chi connectivity index (χ2n) is 4.14. The van der Waals surface area contributed by atoms with Crippen LogP contribution in [0.2, 0.25) is 0 Å². The van der Waals surface area contributed by atoms with Gasteiger partial charge in [-0.15, -0.1) is 0 Å². The fourth-order valence-corrected chi connectivity index (χ4v) is 2.08. The van der Waals surface area contributed by atoms with E-state index < -0.39 is 11.7 Å². The number of aliphatic hydroxyl groups is 1. The van der Waals surface area contributed by atoms with E-state index in [2.05, 4.69) is 0 Å². The van der Waals surface area contributed by atoms with E-state index in [1.54, 1.807) is 0 Å². The summed E-state index contributed by atoms with van der Waals surface area (Å²) in [6.07, 6.45) is -3.77. The first-order chi connectivity index (χ1) is 8.02. The Kier molecular flexibility index (Phi) is 3.40. The van der Waals surface area contributed by atoms with E-state index in [1.165, 1.54) is 12.1 Å². The number of hydrogen-bond donors (Lipinski definition) is 1. The van der Waals surface area contributed by atoms with Gasteiger partial charge in [0.25, 0.3) is 0 Å². The minimum atomic E-state index is -4.39. The maximum absolute atomic E-state index is 12.9. The summed E-state index contributed by atoms with van der Waals surface area (Å²) >= 11 is 0. The summed E-state index contributed by atoms with van der Waals surface area (Å²) in [4.78, 5) is 0. The van der Waals surface area contributed by atoms with Crippen LogP contribution in [0.4, 0.5) is 13.2 Å². The molecule has 0 amide bonds. The van der Waals surface area contributed by atoms with Gasteiger partial charge in [0.05, 0.1) is 18.8 Å². The Morgan fingerprint density at radius 3 is 2.65 bits per heavy atom. The molecule has 5 heteroatoms. The molecule has 1 N–H and O–H groups in total. The van der Waals surface area contributed by atoms with Crippen molar-refractivity contribution in [2.24, 2.45) is 0 Å². The van der Waals surface area contributed by atoms with Gasteiger partial charge in [-0.05, 0) is 23.6 Å². The quantitative estimate of drug-likeness (QED) is 0.869. The van der Waals surface area contributed by atoms with Crippen molar-refractivity contribution < 1.29 is 23.0 Å². The molecule has 94 valence electrons. The van der Waals surface area contributed by atoms with Gasteiger partial charge in [-0.3, -0.25) is 0 Å². The molecule has 0 aromatic heterocycles. The van der Waals surface area contributed by atoms with Crippen LogP contribution < -0.4 is 0 Å². The van der Waals surface area contributed by atoms with Crippen molar-refractivity contribution in [3.05, 3.63) is 34.9 Å². The van der Waals surface area contributed by atoms with E-state index in [9.17, 15) is 13.2 Å². The van der Waals surface area contributed by atoms with Crippen molar-refractivity contribution in [3.8, 4) is 0 Å². The average molecular weight is 246 g/mol. The van der Waals surface area contributed by atoms with Gasteiger partial charge in [-0.1, -0.05) is 12.1 Å². The van der Waals surface area contributed by atoms with Crippen molar-refractivity contribution in [2.45, 2.75) is 25.1 Å². The molecule has 2 rings (SSSR count). The highest BCUT2D eigenvalue weighted by atomic mass is 19.4. The minimum Gasteiger partial charge on any atom is -0.392 e. The maximum Gasteiger partial charge on any atom is 0.416 e. The second kappa shape index (κ2) is 4.66. The van der Waals surface area contributed by atoms with Crippen LogP contribution in [0.5, 0.6) is 0 Å². The minimum absolute atomic E-state index is 0.195. The lowest BCUT2D eigenvalue weighted by molar-refractivity contribution is -0.138. The SMILES string of the molecule is OCc1ccc(C2CCOC2)c(C(F)(F)F)c1. The summed E-state index contributed by atoms with van der Waals surface area (Å²) in [6, 6.07) is 4.00. The molecular formula is C12H13F3O2.